The van der Waals surface area contributed by atoms with Crippen LogP contribution in [-0.2, 0) is 14.3 Å². The first-order valence-electron chi connectivity index (χ1n) is 7.20. The van der Waals surface area contributed by atoms with Gasteiger partial charge in [-0.3, -0.25) is 9.59 Å². The summed E-state index contributed by atoms with van der Waals surface area (Å²) in [4.78, 5) is 23.0. The molecule has 5 nitrogen and oxygen atoms in total. The van der Waals surface area contributed by atoms with Gasteiger partial charge in [-0.1, -0.05) is 33.1 Å². The number of hydrogen-bond donors (Lipinski definition) is 2. The van der Waals surface area contributed by atoms with E-state index in [0.717, 1.165) is 25.7 Å². The summed E-state index contributed by atoms with van der Waals surface area (Å²) in [5, 5.41) is 5.27. The molecule has 0 aromatic heterocycles. The molecule has 2 N–H and O–H groups in total. The smallest absolute Gasteiger partial charge is 0.309 e. The minimum Gasteiger partial charge on any atom is -0.385 e. The highest BCUT2D eigenvalue weighted by atomic mass is 16.5. The number of unbranched alkanes of at least 4 members (excludes halogenated alkanes) is 1. The molecule has 0 unspecified atom stereocenters. The van der Waals surface area contributed by atoms with E-state index >= 15 is 0 Å². The maximum absolute atomic E-state index is 11.5. The molecule has 0 spiro atoms. The highest BCUT2D eigenvalue weighted by molar-refractivity contribution is 6.35. The van der Waals surface area contributed by atoms with E-state index in [2.05, 4.69) is 24.5 Å². The maximum atomic E-state index is 11.5. The van der Waals surface area contributed by atoms with Gasteiger partial charge in [0, 0.05) is 26.8 Å². The van der Waals surface area contributed by atoms with Crippen LogP contribution in [0.25, 0.3) is 0 Å². The molecule has 0 aliphatic carbocycles. The first-order chi connectivity index (χ1) is 9.15. The Labute approximate surface area is 116 Å². The highest BCUT2D eigenvalue weighted by Crippen LogP contribution is 2.10. The lowest BCUT2D eigenvalue weighted by Gasteiger charge is -2.15. The second-order valence-electron chi connectivity index (χ2n) is 4.73. The molecule has 0 radical (unpaired) electrons. The van der Waals surface area contributed by atoms with Gasteiger partial charge in [0.15, 0.2) is 0 Å². The van der Waals surface area contributed by atoms with Crippen molar-refractivity contribution in [2.75, 3.05) is 26.8 Å². The van der Waals surface area contributed by atoms with Crippen LogP contribution in [0.15, 0.2) is 0 Å². The third kappa shape index (κ3) is 9.47. The summed E-state index contributed by atoms with van der Waals surface area (Å²) in [6.07, 6.45) is 5.16. The molecule has 0 aliphatic heterocycles. The van der Waals surface area contributed by atoms with Crippen molar-refractivity contribution in [2.24, 2.45) is 5.92 Å². The van der Waals surface area contributed by atoms with Crippen LogP contribution < -0.4 is 10.6 Å². The van der Waals surface area contributed by atoms with Gasteiger partial charge in [-0.15, -0.1) is 0 Å². The molecule has 0 rings (SSSR count). The van der Waals surface area contributed by atoms with Gasteiger partial charge in [-0.05, 0) is 18.8 Å². The van der Waals surface area contributed by atoms with Crippen molar-refractivity contribution in [2.45, 2.75) is 46.0 Å². The van der Waals surface area contributed by atoms with E-state index in [-0.39, 0.29) is 0 Å². The first-order valence-corrected chi connectivity index (χ1v) is 7.20. The molecule has 0 saturated carbocycles. The number of methoxy groups -OCH3 is 1. The molecule has 0 fully saturated rings. The third-order valence-corrected chi connectivity index (χ3v) is 3.11. The first kappa shape index (κ1) is 17.9. The van der Waals surface area contributed by atoms with Gasteiger partial charge in [-0.25, -0.2) is 0 Å². The predicted octanol–water partition coefficient (Wildman–Crippen LogP) is 1.47. The van der Waals surface area contributed by atoms with Gasteiger partial charge in [0.25, 0.3) is 0 Å². The predicted molar refractivity (Wildman–Crippen MR) is 75.8 cm³/mol. The average Bonchev–Trinajstić information content (AvgIpc) is 2.43. The lowest BCUT2D eigenvalue weighted by atomic mass is 9.99. The summed E-state index contributed by atoms with van der Waals surface area (Å²) in [5.41, 5.74) is 0. The molecule has 112 valence electrons. The van der Waals surface area contributed by atoms with Crippen LogP contribution in [0.4, 0.5) is 0 Å². The van der Waals surface area contributed by atoms with Gasteiger partial charge in [0.1, 0.15) is 0 Å². The Hall–Kier alpha value is -1.10. The largest absolute Gasteiger partial charge is 0.385 e. The number of nitrogens with one attached hydrogen (secondary N) is 2. The number of carbonyl (C=O) groups excluding carboxylic acids is 2. The average molecular weight is 272 g/mol. The Kier molecular flexibility index (Phi) is 11.3. The van der Waals surface area contributed by atoms with E-state index in [1.54, 1.807) is 7.11 Å². The quantitative estimate of drug-likeness (QED) is 0.467. The molecular formula is C14H28N2O3. The van der Waals surface area contributed by atoms with E-state index in [9.17, 15) is 9.59 Å². The molecule has 19 heavy (non-hydrogen) atoms. The molecule has 0 saturated heterocycles. The minimum atomic E-state index is -0.554. The maximum Gasteiger partial charge on any atom is 0.309 e. The number of ether oxygens (including phenoxy) is 1. The fourth-order valence-corrected chi connectivity index (χ4v) is 1.76. The summed E-state index contributed by atoms with van der Waals surface area (Å²) < 4.78 is 4.86. The van der Waals surface area contributed by atoms with Gasteiger partial charge < -0.3 is 15.4 Å². The van der Waals surface area contributed by atoms with Crippen LogP contribution >= 0.6 is 0 Å². The monoisotopic (exact) mass is 272 g/mol. The third-order valence-electron chi connectivity index (χ3n) is 3.11. The molecular weight excluding hydrogens is 244 g/mol. The number of amides is 2. The van der Waals surface area contributed by atoms with Crippen molar-refractivity contribution in [3.63, 3.8) is 0 Å². The Morgan fingerprint density at radius 1 is 1.11 bits per heavy atom. The minimum absolute atomic E-state index is 0.463. The summed E-state index contributed by atoms with van der Waals surface area (Å²) >= 11 is 0. The fourth-order valence-electron chi connectivity index (χ4n) is 1.76. The van der Waals surface area contributed by atoms with Gasteiger partial charge in [0.2, 0.25) is 0 Å². The standard InChI is InChI=1S/C14H28N2O3/c1-4-6-8-12(5-2)11-16-14(18)13(17)15-9-7-10-19-3/h12H,4-11H2,1-3H3,(H,15,17)(H,16,18)/t12-/m1/s1. The second kappa shape index (κ2) is 12.0. The van der Waals surface area contributed by atoms with E-state index in [4.69, 9.17) is 4.74 Å². The lowest BCUT2D eigenvalue weighted by Crippen LogP contribution is -2.42. The Morgan fingerprint density at radius 2 is 1.79 bits per heavy atom. The topological polar surface area (TPSA) is 67.4 Å². The molecule has 0 heterocycles. The SMILES string of the molecule is CCCC[C@@H](CC)CNC(=O)C(=O)NCCCOC. The fraction of sp³-hybridized carbons (Fsp3) is 0.857. The number of hydrogen-bond acceptors (Lipinski definition) is 3. The molecule has 5 heteroatoms. The summed E-state index contributed by atoms with van der Waals surface area (Å²) in [7, 11) is 1.61. The Bertz CT molecular complexity index is 257. The van der Waals surface area contributed by atoms with Crippen LogP contribution in [-0.4, -0.2) is 38.6 Å². The van der Waals surface area contributed by atoms with Crippen LogP contribution in [0.3, 0.4) is 0 Å². The number of rotatable bonds is 10. The van der Waals surface area contributed by atoms with Crippen molar-refractivity contribution in [1.82, 2.24) is 10.6 Å². The molecule has 1 atom stereocenters. The van der Waals surface area contributed by atoms with Crippen molar-refractivity contribution in [3.05, 3.63) is 0 Å². The highest BCUT2D eigenvalue weighted by Gasteiger charge is 2.14. The zero-order valence-electron chi connectivity index (χ0n) is 12.5. The van der Waals surface area contributed by atoms with Crippen LogP contribution in [0.2, 0.25) is 0 Å². The Balaban J connectivity index is 3.78. The number of carbonyl (C=O) groups is 2. The van der Waals surface area contributed by atoms with Gasteiger partial charge >= 0.3 is 11.8 Å². The lowest BCUT2D eigenvalue weighted by molar-refractivity contribution is -0.139. The van der Waals surface area contributed by atoms with Crippen LogP contribution in [0.5, 0.6) is 0 Å². The zero-order valence-corrected chi connectivity index (χ0v) is 12.5. The summed E-state index contributed by atoms with van der Waals surface area (Å²) in [6.45, 7) is 5.89. The van der Waals surface area contributed by atoms with E-state index in [1.807, 2.05) is 0 Å². The summed E-state index contributed by atoms with van der Waals surface area (Å²) in [5.74, 6) is -0.626. The van der Waals surface area contributed by atoms with Crippen molar-refractivity contribution in [1.29, 1.82) is 0 Å². The van der Waals surface area contributed by atoms with E-state index in [1.165, 1.54) is 0 Å². The van der Waals surface area contributed by atoms with Crippen LogP contribution in [0, 0.1) is 5.92 Å². The van der Waals surface area contributed by atoms with Gasteiger partial charge in [-0.2, -0.15) is 0 Å². The summed E-state index contributed by atoms with van der Waals surface area (Å²) in [6, 6.07) is 0. The molecule has 0 aliphatic rings. The van der Waals surface area contributed by atoms with Crippen molar-refractivity contribution in [3.8, 4) is 0 Å². The molecule has 0 bridgehead atoms. The van der Waals surface area contributed by atoms with Crippen molar-refractivity contribution >= 4 is 11.8 Å². The molecule has 0 aromatic rings. The van der Waals surface area contributed by atoms with E-state index < -0.39 is 11.8 Å². The van der Waals surface area contributed by atoms with Gasteiger partial charge in [0.05, 0.1) is 0 Å². The van der Waals surface area contributed by atoms with Crippen molar-refractivity contribution < 1.29 is 14.3 Å². The zero-order chi connectivity index (χ0) is 14.5. The normalized spacial score (nSPS) is 11.9. The molecule has 0 aromatic carbocycles. The Morgan fingerprint density at radius 3 is 2.37 bits per heavy atom. The van der Waals surface area contributed by atoms with E-state index in [0.29, 0.717) is 32.0 Å². The molecule has 2 amide bonds. The second-order valence-corrected chi connectivity index (χ2v) is 4.73. The van der Waals surface area contributed by atoms with Crippen LogP contribution in [0.1, 0.15) is 46.0 Å².